The standard InChI is InChI=1S/C21H24F3NO/c22-21(23,24)18-3-1-2-14(9-18)4-5-19(26)25-13-20-10-15-6-16(11-20)8-17(7-15)12-20/h1-5,9,15-17H,6-8,10-13H2,(H,25,26)/b5-4+. The molecule has 1 aromatic carbocycles. The Bertz CT molecular complexity index is 687. The highest BCUT2D eigenvalue weighted by Crippen LogP contribution is 2.59. The second-order valence-electron chi connectivity index (χ2n) is 8.59. The summed E-state index contributed by atoms with van der Waals surface area (Å²) in [6, 6.07) is 5.02. The van der Waals surface area contributed by atoms with Gasteiger partial charge in [-0.2, -0.15) is 13.2 Å². The molecule has 5 rings (SSSR count). The molecule has 4 bridgehead atoms. The molecule has 0 spiro atoms. The molecule has 5 heteroatoms. The van der Waals surface area contributed by atoms with Crippen LogP contribution < -0.4 is 5.32 Å². The molecule has 0 radical (unpaired) electrons. The van der Waals surface area contributed by atoms with Crippen LogP contribution in [0, 0.1) is 23.2 Å². The quantitative estimate of drug-likeness (QED) is 0.745. The smallest absolute Gasteiger partial charge is 0.352 e. The predicted molar refractivity (Wildman–Crippen MR) is 94.1 cm³/mol. The van der Waals surface area contributed by atoms with Crippen LogP contribution in [0.5, 0.6) is 0 Å². The third kappa shape index (κ3) is 3.67. The fourth-order valence-electron chi connectivity index (χ4n) is 5.83. The van der Waals surface area contributed by atoms with Crippen LogP contribution in [-0.2, 0) is 11.0 Å². The first-order valence-electron chi connectivity index (χ1n) is 9.45. The van der Waals surface area contributed by atoms with E-state index in [9.17, 15) is 18.0 Å². The van der Waals surface area contributed by atoms with Crippen molar-refractivity contribution >= 4 is 12.0 Å². The number of carbonyl (C=O) groups excluding carboxylic acids is 1. The molecule has 26 heavy (non-hydrogen) atoms. The fraction of sp³-hybridized carbons (Fsp3) is 0.571. The lowest BCUT2D eigenvalue weighted by molar-refractivity contribution is -0.137. The summed E-state index contributed by atoms with van der Waals surface area (Å²) in [6.45, 7) is 0.697. The molecule has 0 heterocycles. The lowest BCUT2D eigenvalue weighted by Gasteiger charge is -2.56. The maximum Gasteiger partial charge on any atom is 0.416 e. The lowest BCUT2D eigenvalue weighted by Crippen LogP contribution is -2.51. The lowest BCUT2D eigenvalue weighted by atomic mass is 9.49. The minimum absolute atomic E-state index is 0.224. The van der Waals surface area contributed by atoms with Gasteiger partial charge in [-0.25, -0.2) is 0 Å². The Labute approximate surface area is 151 Å². The van der Waals surface area contributed by atoms with E-state index in [1.54, 1.807) is 6.07 Å². The van der Waals surface area contributed by atoms with E-state index >= 15 is 0 Å². The van der Waals surface area contributed by atoms with E-state index in [1.165, 1.54) is 56.7 Å². The van der Waals surface area contributed by atoms with Crippen molar-refractivity contribution in [2.24, 2.45) is 23.2 Å². The summed E-state index contributed by atoms with van der Waals surface area (Å²) >= 11 is 0. The Morgan fingerprint density at radius 3 is 2.31 bits per heavy atom. The molecule has 4 fully saturated rings. The number of amides is 1. The summed E-state index contributed by atoms with van der Waals surface area (Å²) < 4.78 is 38.2. The molecule has 1 N–H and O–H groups in total. The minimum atomic E-state index is -4.37. The zero-order valence-electron chi connectivity index (χ0n) is 14.7. The summed E-state index contributed by atoms with van der Waals surface area (Å²) in [4.78, 5) is 12.2. The van der Waals surface area contributed by atoms with Crippen molar-refractivity contribution < 1.29 is 18.0 Å². The van der Waals surface area contributed by atoms with Gasteiger partial charge < -0.3 is 5.32 Å². The Morgan fingerprint density at radius 2 is 1.73 bits per heavy atom. The first kappa shape index (κ1) is 17.6. The van der Waals surface area contributed by atoms with Crippen LogP contribution in [-0.4, -0.2) is 12.5 Å². The number of nitrogens with one attached hydrogen (secondary N) is 1. The maximum atomic E-state index is 12.7. The largest absolute Gasteiger partial charge is 0.416 e. The van der Waals surface area contributed by atoms with Crippen LogP contribution in [0.3, 0.4) is 0 Å². The Kier molecular flexibility index (Phi) is 4.36. The third-order valence-electron chi connectivity index (χ3n) is 6.44. The molecule has 1 amide bonds. The van der Waals surface area contributed by atoms with Crippen molar-refractivity contribution in [3.8, 4) is 0 Å². The molecule has 4 aliphatic rings. The normalized spacial score (nSPS) is 33.0. The third-order valence-corrected chi connectivity index (χ3v) is 6.44. The highest BCUT2D eigenvalue weighted by Gasteiger charge is 2.50. The minimum Gasteiger partial charge on any atom is -0.352 e. The van der Waals surface area contributed by atoms with Gasteiger partial charge in [-0.05, 0) is 85.5 Å². The van der Waals surface area contributed by atoms with Crippen LogP contribution in [0.4, 0.5) is 13.2 Å². The van der Waals surface area contributed by atoms with Gasteiger partial charge in [0.15, 0.2) is 0 Å². The van der Waals surface area contributed by atoms with E-state index in [0.29, 0.717) is 12.1 Å². The summed E-state index contributed by atoms with van der Waals surface area (Å²) in [5.74, 6) is 2.27. The van der Waals surface area contributed by atoms with Crippen LogP contribution in [0.2, 0.25) is 0 Å². The van der Waals surface area contributed by atoms with Crippen molar-refractivity contribution in [2.45, 2.75) is 44.7 Å². The molecule has 4 saturated carbocycles. The molecular formula is C21H24F3NO. The zero-order valence-corrected chi connectivity index (χ0v) is 14.7. The number of alkyl halides is 3. The van der Waals surface area contributed by atoms with Gasteiger partial charge in [0, 0.05) is 12.6 Å². The molecule has 0 unspecified atom stereocenters. The highest BCUT2D eigenvalue weighted by atomic mass is 19.4. The van der Waals surface area contributed by atoms with Gasteiger partial charge in [0.25, 0.3) is 0 Å². The van der Waals surface area contributed by atoms with E-state index in [1.807, 2.05) is 0 Å². The molecule has 0 saturated heterocycles. The Balaban J connectivity index is 1.35. The SMILES string of the molecule is O=C(/C=C/c1cccc(C(F)(F)F)c1)NCC12CC3CC(CC(C3)C1)C2. The first-order valence-corrected chi connectivity index (χ1v) is 9.45. The maximum absolute atomic E-state index is 12.7. The number of rotatable bonds is 4. The van der Waals surface area contributed by atoms with Crippen LogP contribution in [0.25, 0.3) is 6.08 Å². The Morgan fingerprint density at radius 1 is 1.12 bits per heavy atom. The molecular weight excluding hydrogens is 339 g/mol. The van der Waals surface area contributed by atoms with Gasteiger partial charge in [-0.15, -0.1) is 0 Å². The van der Waals surface area contributed by atoms with Crippen molar-refractivity contribution in [3.63, 3.8) is 0 Å². The average molecular weight is 363 g/mol. The van der Waals surface area contributed by atoms with E-state index in [4.69, 9.17) is 0 Å². The topological polar surface area (TPSA) is 29.1 Å². The number of hydrogen-bond acceptors (Lipinski definition) is 1. The highest BCUT2D eigenvalue weighted by molar-refractivity contribution is 5.91. The van der Waals surface area contributed by atoms with Crippen molar-refractivity contribution in [3.05, 3.63) is 41.5 Å². The summed E-state index contributed by atoms with van der Waals surface area (Å²) in [7, 11) is 0. The zero-order chi connectivity index (χ0) is 18.4. The van der Waals surface area contributed by atoms with Crippen LogP contribution in [0.1, 0.15) is 49.7 Å². The number of hydrogen-bond donors (Lipinski definition) is 1. The summed E-state index contributed by atoms with van der Waals surface area (Å²) in [5.41, 5.74) is -0.0625. The van der Waals surface area contributed by atoms with Crippen LogP contribution >= 0.6 is 0 Å². The van der Waals surface area contributed by atoms with Crippen molar-refractivity contribution in [1.82, 2.24) is 5.32 Å². The molecule has 140 valence electrons. The van der Waals surface area contributed by atoms with Crippen LogP contribution in [0.15, 0.2) is 30.3 Å². The second kappa shape index (κ2) is 6.43. The van der Waals surface area contributed by atoms with E-state index in [-0.39, 0.29) is 11.3 Å². The Hall–Kier alpha value is -1.78. The molecule has 0 aromatic heterocycles. The monoisotopic (exact) mass is 363 g/mol. The molecule has 0 atom stereocenters. The predicted octanol–water partition coefficient (Wildman–Crippen LogP) is 5.05. The van der Waals surface area contributed by atoms with Gasteiger partial charge in [0.05, 0.1) is 5.56 Å². The molecule has 2 nitrogen and oxygen atoms in total. The van der Waals surface area contributed by atoms with E-state index in [0.717, 1.165) is 29.9 Å². The molecule has 4 aliphatic carbocycles. The number of carbonyl (C=O) groups is 1. The number of benzene rings is 1. The molecule has 0 aliphatic heterocycles. The van der Waals surface area contributed by atoms with E-state index < -0.39 is 11.7 Å². The van der Waals surface area contributed by atoms with E-state index in [2.05, 4.69) is 5.32 Å². The second-order valence-corrected chi connectivity index (χ2v) is 8.59. The fourth-order valence-corrected chi connectivity index (χ4v) is 5.83. The first-order chi connectivity index (χ1) is 12.3. The van der Waals surface area contributed by atoms with Gasteiger partial charge >= 0.3 is 6.18 Å². The van der Waals surface area contributed by atoms with Gasteiger partial charge in [0.2, 0.25) is 5.91 Å². The van der Waals surface area contributed by atoms with Gasteiger partial charge in [0.1, 0.15) is 0 Å². The number of halogens is 3. The summed E-state index contributed by atoms with van der Waals surface area (Å²) in [5, 5.41) is 3.01. The molecule has 1 aromatic rings. The van der Waals surface area contributed by atoms with Crippen molar-refractivity contribution in [2.75, 3.05) is 6.54 Å². The average Bonchev–Trinajstić information content (AvgIpc) is 2.57. The van der Waals surface area contributed by atoms with Crippen molar-refractivity contribution in [1.29, 1.82) is 0 Å². The van der Waals surface area contributed by atoms with Gasteiger partial charge in [-0.1, -0.05) is 12.1 Å². The summed E-state index contributed by atoms with van der Waals surface area (Å²) in [6.07, 6.45) is 6.17. The van der Waals surface area contributed by atoms with Gasteiger partial charge in [-0.3, -0.25) is 4.79 Å².